The van der Waals surface area contributed by atoms with Crippen LogP contribution in [0.4, 0.5) is 5.69 Å². The van der Waals surface area contributed by atoms with Crippen LogP contribution < -0.4 is 4.90 Å². The number of hydrogen-bond acceptors (Lipinski definition) is 3. The summed E-state index contributed by atoms with van der Waals surface area (Å²) in [5.41, 5.74) is 1.54. The van der Waals surface area contributed by atoms with Gasteiger partial charge in [-0.3, -0.25) is 0 Å². The van der Waals surface area contributed by atoms with E-state index in [2.05, 4.69) is 24.8 Å². The molecule has 0 N–H and O–H groups in total. The fraction of sp³-hybridized carbons (Fsp3) is 0.500. The molecule has 0 saturated heterocycles. The molecule has 3 nitrogen and oxygen atoms in total. The molecule has 0 aliphatic carbocycles. The summed E-state index contributed by atoms with van der Waals surface area (Å²) in [7, 11) is 1.69. The highest BCUT2D eigenvalue weighted by Gasteiger charge is 2.12. The lowest BCUT2D eigenvalue weighted by molar-refractivity contribution is 0.204. The van der Waals surface area contributed by atoms with Crippen molar-refractivity contribution in [2.45, 2.75) is 13.8 Å². The third-order valence-electron chi connectivity index (χ3n) is 2.57. The second-order valence-electron chi connectivity index (χ2n) is 4.61. The molecular formula is C14H19ClN2O. The largest absolute Gasteiger partial charge is 0.383 e. The molecule has 0 aromatic heterocycles. The van der Waals surface area contributed by atoms with Gasteiger partial charge in [-0.25, -0.2) is 0 Å². The quantitative estimate of drug-likeness (QED) is 0.792. The van der Waals surface area contributed by atoms with Crippen LogP contribution >= 0.6 is 11.6 Å². The fourth-order valence-corrected chi connectivity index (χ4v) is 2.09. The van der Waals surface area contributed by atoms with Gasteiger partial charge in [0, 0.05) is 20.2 Å². The van der Waals surface area contributed by atoms with Crippen molar-refractivity contribution >= 4 is 17.3 Å². The molecule has 0 atom stereocenters. The van der Waals surface area contributed by atoms with E-state index in [0.717, 1.165) is 18.8 Å². The van der Waals surface area contributed by atoms with Crippen LogP contribution in [-0.2, 0) is 4.74 Å². The third kappa shape index (κ3) is 4.21. The van der Waals surface area contributed by atoms with Crippen LogP contribution in [0.25, 0.3) is 0 Å². The van der Waals surface area contributed by atoms with Gasteiger partial charge in [0.25, 0.3) is 0 Å². The van der Waals surface area contributed by atoms with E-state index in [9.17, 15) is 0 Å². The minimum Gasteiger partial charge on any atom is -0.383 e. The van der Waals surface area contributed by atoms with Crippen molar-refractivity contribution in [2.75, 3.05) is 31.7 Å². The van der Waals surface area contributed by atoms with Crippen LogP contribution in [0.1, 0.15) is 19.4 Å². The van der Waals surface area contributed by atoms with Crippen molar-refractivity contribution < 1.29 is 4.74 Å². The number of methoxy groups -OCH3 is 1. The third-order valence-corrected chi connectivity index (χ3v) is 2.87. The number of nitrogens with zero attached hydrogens (tertiary/aromatic N) is 2. The number of benzene rings is 1. The zero-order valence-corrected chi connectivity index (χ0v) is 11.9. The lowest BCUT2D eigenvalue weighted by atomic mass is 10.1. The smallest absolute Gasteiger partial charge is 0.0992 e. The summed E-state index contributed by atoms with van der Waals surface area (Å²) in [4.78, 5) is 2.19. The Bertz CT molecular complexity index is 426. The van der Waals surface area contributed by atoms with Gasteiger partial charge in [0.05, 0.1) is 28.9 Å². The van der Waals surface area contributed by atoms with E-state index in [1.54, 1.807) is 19.2 Å². The molecule has 18 heavy (non-hydrogen) atoms. The molecule has 0 heterocycles. The second kappa shape index (κ2) is 7.25. The van der Waals surface area contributed by atoms with Gasteiger partial charge in [-0.15, -0.1) is 0 Å². The van der Waals surface area contributed by atoms with Crippen molar-refractivity contribution in [3.63, 3.8) is 0 Å². The van der Waals surface area contributed by atoms with Gasteiger partial charge >= 0.3 is 0 Å². The molecule has 0 aliphatic heterocycles. The number of anilines is 1. The molecule has 98 valence electrons. The maximum Gasteiger partial charge on any atom is 0.0992 e. The maximum atomic E-state index is 8.84. The molecule has 1 aromatic rings. The second-order valence-corrected chi connectivity index (χ2v) is 5.02. The highest BCUT2D eigenvalue weighted by molar-refractivity contribution is 6.33. The first-order valence-corrected chi connectivity index (χ1v) is 6.39. The number of halogens is 1. The average molecular weight is 267 g/mol. The molecule has 0 amide bonds. The molecular weight excluding hydrogens is 248 g/mol. The zero-order chi connectivity index (χ0) is 13.5. The van der Waals surface area contributed by atoms with Gasteiger partial charge in [0.2, 0.25) is 0 Å². The van der Waals surface area contributed by atoms with Crippen molar-refractivity contribution in [1.29, 1.82) is 5.26 Å². The van der Waals surface area contributed by atoms with Crippen LogP contribution in [-0.4, -0.2) is 26.8 Å². The molecule has 1 rings (SSSR count). The Labute approximate surface area is 114 Å². The van der Waals surface area contributed by atoms with E-state index in [1.807, 2.05) is 6.07 Å². The van der Waals surface area contributed by atoms with Gasteiger partial charge in [0.1, 0.15) is 0 Å². The Balaban J connectivity index is 2.93. The first-order chi connectivity index (χ1) is 8.58. The summed E-state index contributed by atoms with van der Waals surface area (Å²) in [6.45, 7) is 6.69. The van der Waals surface area contributed by atoms with Gasteiger partial charge in [-0.1, -0.05) is 25.4 Å². The van der Waals surface area contributed by atoms with Gasteiger partial charge in [-0.2, -0.15) is 5.26 Å². The number of nitriles is 1. The lowest BCUT2D eigenvalue weighted by Gasteiger charge is -2.27. The summed E-state index contributed by atoms with van der Waals surface area (Å²) in [5, 5.41) is 9.45. The van der Waals surface area contributed by atoms with E-state index in [1.165, 1.54) is 0 Å². The Morgan fingerprint density at radius 1 is 1.44 bits per heavy atom. The first kappa shape index (κ1) is 14.8. The Kier molecular flexibility index (Phi) is 5.97. The Morgan fingerprint density at radius 3 is 2.67 bits per heavy atom. The topological polar surface area (TPSA) is 36.3 Å². The maximum absolute atomic E-state index is 8.84. The minimum absolute atomic E-state index is 0.536. The van der Waals surface area contributed by atoms with E-state index < -0.39 is 0 Å². The van der Waals surface area contributed by atoms with Gasteiger partial charge in [0.15, 0.2) is 0 Å². The van der Waals surface area contributed by atoms with Crippen molar-refractivity contribution in [3.8, 4) is 6.07 Å². The summed E-state index contributed by atoms with van der Waals surface area (Å²) in [6.07, 6.45) is 0. The monoisotopic (exact) mass is 266 g/mol. The minimum atomic E-state index is 0.536. The van der Waals surface area contributed by atoms with E-state index in [-0.39, 0.29) is 0 Å². The van der Waals surface area contributed by atoms with Crippen LogP contribution in [0.15, 0.2) is 18.2 Å². The van der Waals surface area contributed by atoms with Crippen LogP contribution in [0, 0.1) is 17.2 Å². The van der Waals surface area contributed by atoms with Crippen LogP contribution in [0.5, 0.6) is 0 Å². The number of ether oxygens (including phenoxy) is 1. The summed E-state index contributed by atoms with van der Waals surface area (Å²) >= 11 is 6.23. The molecule has 1 aromatic carbocycles. The molecule has 0 saturated carbocycles. The lowest BCUT2D eigenvalue weighted by Crippen LogP contribution is -2.31. The molecule has 0 bridgehead atoms. The zero-order valence-electron chi connectivity index (χ0n) is 11.1. The SMILES string of the molecule is COCCN(CC(C)C)c1ccc(C#N)cc1Cl. The predicted molar refractivity (Wildman–Crippen MR) is 75.1 cm³/mol. The Hall–Kier alpha value is -1.24. The van der Waals surface area contributed by atoms with Crippen molar-refractivity contribution in [3.05, 3.63) is 28.8 Å². The summed E-state index contributed by atoms with van der Waals surface area (Å²) in [5.74, 6) is 0.536. The standard InChI is InChI=1S/C14H19ClN2O/c1-11(2)10-17(6-7-18-3)14-5-4-12(9-16)8-13(14)15/h4-5,8,11H,6-7,10H2,1-3H3. The molecule has 0 spiro atoms. The molecule has 0 unspecified atom stereocenters. The van der Waals surface area contributed by atoms with Crippen molar-refractivity contribution in [1.82, 2.24) is 0 Å². The normalized spacial score (nSPS) is 10.4. The number of hydrogen-bond donors (Lipinski definition) is 0. The average Bonchev–Trinajstić information content (AvgIpc) is 2.34. The molecule has 0 radical (unpaired) electrons. The van der Waals surface area contributed by atoms with E-state index in [4.69, 9.17) is 21.6 Å². The molecule has 0 aliphatic rings. The highest BCUT2D eigenvalue weighted by atomic mass is 35.5. The van der Waals surface area contributed by atoms with Crippen LogP contribution in [0.2, 0.25) is 5.02 Å². The predicted octanol–water partition coefficient (Wildman–Crippen LogP) is 3.32. The van der Waals surface area contributed by atoms with Gasteiger partial charge < -0.3 is 9.64 Å². The molecule has 0 fully saturated rings. The fourth-order valence-electron chi connectivity index (χ4n) is 1.79. The van der Waals surface area contributed by atoms with E-state index >= 15 is 0 Å². The Morgan fingerprint density at radius 2 is 2.17 bits per heavy atom. The van der Waals surface area contributed by atoms with Crippen LogP contribution in [0.3, 0.4) is 0 Å². The van der Waals surface area contributed by atoms with E-state index in [0.29, 0.717) is 23.1 Å². The summed E-state index contributed by atoms with van der Waals surface area (Å²) < 4.78 is 5.12. The highest BCUT2D eigenvalue weighted by Crippen LogP contribution is 2.27. The van der Waals surface area contributed by atoms with Gasteiger partial charge in [-0.05, 0) is 24.1 Å². The summed E-state index contributed by atoms with van der Waals surface area (Å²) in [6, 6.07) is 7.49. The number of rotatable bonds is 6. The molecule has 4 heteroatoms. The first-order valence-electron chi connectivity index (χ1n) is 6.02. The van der Waals surface area contributed by atoms with Crippen molar-refractivity contribution in [2.24, 2.45) is 5.92 Å².